The second kappa shape index (κ2) is 5.67. The molecule has 0 spiro atoms. The van der Waals surface area contributed by atoms with Crippen LogP contribution in [0.25, 0.3) is 0 Å². The van der Waals surface area contributed by atoms with Gasteiger partial charge in [0.1, 0.15) is 18.6 Å². The molecule has 1 aliphatic heterocycles. The molecule has 0 bridgehead atoms. The fourth-order valence-electron chi connectivity index (χ4n) is 2.35. The first kappa shape index (κ1) is 15.8. The highest BCUT2D eigenvalue weighted by molar-refractivity contribution is 5.75. The maximum Gasteiger partial charge on any atom is 0.419 e. The van der Waals surface area contributed by atoms with Crippen LogP contribution in [0.5, 0.6) is 5.75 Å². The molecule has 1 aromatic rings. The quantitative estimate of drug-likeness (QED) is 0.792. The Morgan fingerprint density at radius 2 is 2.14 bits per heavy atom. The third-order valence-electron chi connectivity index (χ3n) is 3.42. The predicted molar refractivity (Wildman–Crippen MR) is 70.5 cm³/mol. The first-order chi connectivity index (χ1) is 9.71. The van der Waals surface area contributed by atoms with E-state index in [1.54, 1.807) is 0 Å². The minimum atomic E-state index is -4.57. The van der Waals surface area contributed by atoms with Crippen molar-refractivity contribution in [3.8, 4) is 5.75 Å². The van der Waals surface area contributed by atoms with E-state index in [9.17, 15) is 18.0 Å². The number of benzene rings is 1. The Morgan fingerprint density at radius 3 is 2.67 bits per heavy atom. The number of carbonyl (C=O) groups excluding carboxylic acids is 1. The van der Waals surface area contributed by atoms with E-state index in [1.165, 1.54) is 12.1 Å². The van der Waals surface area contributed by atoms with Crippen molar-refractivity contribution < 1.29 is 27.4 Å². The molecule has 21 heavy (non-hydrogen) atoms. The molecular weight excluding hydrogens is 285 g/mol. The third-order valence-corrected chi connectivity index (χ3v) is 3.42. The molecule has 0 amide bonds. The van der Waals surface area contributed by atoms with Crippen LogP contribution < -0.4 is 4.74 Å². The smallest absolute Gasteiger partial charge is 0.419 e. The van der Waals surface area contributed by atoms with Crippen LogP contribution in [0.3, 0.4) is 0 Å². The van der Waals surface area contributed by atoms with Gasteiger partial charge in [-0.05, 0) is 44.9 Å². The van der Waals surface area contributed by atoms with E-state index in [0.717, 1.165) is 18.9 Å². The maximum absolute atomic E-state index is 13.0. The molecule has 1 heterocycles. The van der Waals surface area contributed by atoms with E-state index in [0.29, 0.717) is 6.29 Å². The van der Waals surface area contributed by atoms with Crippen molar-refractivity contribution in [2.24, 2.45) is 0 Å². The molecule has 6 heteroatoms. The number of hydrogen-bond acceptors (Lipinski definition) is 3. The molecule has 0 N–H and O–H groups in total. The lowest BCUT2D eigenvalue weighted by Gasteiger charge is -2.20. The summed E-state index contributed by atoms with van der Waals surface area (Å²) in [6.45, 7) is 3.94. The Bertz CT molecular complexity index is 523. The predicted octanol–water partition coefficient (Wildman–Crippen LogP) is 3.85. The SMILES string of the molecule is CC1(C)CCC(COc2ccc(C=O)cc2C(F)(F)F)O1. The Labute approximate surface area is 121 Å². The minimum absolute atomic E-state index is 0.0343. The lowest BCUT2D eigenvalue weighted by Crippen LogP contribution is -2.24. The average Bonchev–Trinajstić information content (AvgIpc) is 2.74. The topological polar surface area (TPSA) is 35.5 Å². The largest absolute Gasteiger partial charge is 0.490 e. The number of ether oxygens (including phenoxy) is 2. The molecule has 3 nitrogen and oxygen atoms in total. The summed E-state index contributed by atoms with van der Waals surface area (Å²) in [4.78, 5) is 10.6. The summed E-state index contributed by atoms with van der Waals surface area (Å²) in [7, 11) is 0. The van der Waals surface area contributed by atoms with Gasteiger partial charge in [-0.3, -0.25) is 4.79 Å². The zero-order chi connectivity index (χ0) is 15.7. The molecule has 1 saturated heterocycles. The molecule has 1 fully saturated rings. The number of hydrogen-bond donors (Lipinski definition) is 0. The van der Waals surface area contributed by atoms with Gasteiger partial charge < -0.3 is 9.47 Å². The van der Waals surface area contributed by atoms with E-state index >= 15 is 0 Å². The van der Waals surface area contributed by atoms with Gasteiger partial charge >= 0.3 is 6.18 Å². The first-order valence-electron chi connectivity index (χ1n) is 6.68. The van der Waals surface area contributed by atoms with E-state index in [-0.39, 0.29) is 29.6 Å². The minimum Gasteiger partial charge on any atom is -0.490 e. The van der Waals surface area contributed by atoms with Crippen LogP contribution >= 0.6 is 0 Å². The van der Waals surface area contributed by atoms with Crippen LogP contribution in [-0.2, 0) is 10.9 Å². The molecule has 2 rings (SSSR count). The fraction of sp³-hybridized carbons (Fsp3) is 0.533. The zero-order valence-electron chi connectivity index (χ0n) is 11.9. The second-order valence-electron chi connectivity index (χ2n) is 5.72. The third kappa shape index (κ3) is 3.97. The lowest BCUT2D eigenvalue weighted by atomic mass is 10.1. The maximum atomic E-state index is 13.0. The van der Waals surface area contributed by atoms with Gasteiger partial charge in [0.2, 0.25) is 0 Å². The molecule has 0 aliphatic carbocycles. The Hall–Kier alpha value is -1.56. The second-order valence-corrected chi connectivity index (χ2v) is 5.72. The highest BCUT2D eigenvalue weighted by Gasteiger charge is 2.36. The number of aldehydes is 1. The van der Waals surface area contributed by atoms with E-state index in [1.807, 2.05) is 13.8 Å². The molecule has 0 saturated carbocycles. The van der Waals surface area contributed by atoms with Gasteiger partial charge in [-0.2, -0.15) is 13.2 Å². The summed E-state index contributed by atoms with van der Waals surface area (Å²) in [5, 5.41) is 0. The summed E-state index contributed by atoms with van der Waals surface area (Å²) in [6.07, 6.45) is -2.81. The molecule has 0 radical (unpaired) electrons. The molecule has 0 aromatic heterocycles. The average molecular weight is 302 g/mol. The van der Waals surface area contributed by atoms with Gasteiger partial charge in [-0.1, -0.05) is 0 Å². The number of alkyl halides is 3. The standard InChI is InChI=1S/C15H17F3O3/c1-14(2)6-5-11(21-14)9-20-13-4-3-10(8-19)7-12(13)15(16,17)18/h3-4,7-8,11H,5-6,9H2,1-2H3. The number of carbonyl (C=O) groups is 1. The molecule has 1 unspecified atom stereocenters. The summed E-state index contributed by atoms with van der Waals surface area (Å²) >= 11 is 0. The van der Waals surface area contributed by atoms with Crippen LogP contribution in [0.2, 0.25) is 0 Å². The number of rotatable bonds is 4. The van der Waals surface area contributed by atoms with Crippen LogP contribution in [0.15, 0.2) is 18.2 Å². The van der Waals surface area contributed by atoms with Gasteiger partial charge in [-0.15, -0.1) is 0 Å². The molecular formula is C15H17F3O3. The molecule has 1 aliphatic rings. The summed E-state index contributed by atoms with van der Waals surface area (Å²) < 4.78 is 49.8. The van der Waals surface area contributed by atoms with Crippen LogP contribution in [0.1, 0.15) is 42.6 Å². The van der Waals surface area contributed by atoms with Crippen molar-refractivity contribution in [3.05, 3.63) is 29.3 Å². The first-order valence-corrected chi connectivity index (χ1v) is 6.68. The monoisotopic (exact) mass is 302 g/mol. The van der Waals surface area contributed by atoms with Crippen LogP contribution in [0, 0.1) is 0 Å². The fourth-order valence-corrected chi connectivity index (χ4v) is 2.35. The van der Waals surface area contributed by atoms with E-state index in [4.69, 9.17) is 9.47 Å². The highest BCUT2D eigenvalue weighted by Crippen LogP contribution is 2.37. The molecule has 116 valence electrons. The summed E-state index contributed by atoms with van der Waals surface area (Å²) in [5.41, 5.74) is -1.24. The Morgan fingerprint density at radius 1 is 1.43 bits per heavy atom. The van der Waals surface area contributed by atoms with Gasteiger partial charge in [0.25, 0.3) is 0 Å². The summed E-state index contributed by atoms with van der Waals surface area (Å²) in [5.74, 6) is -0.276. The zero-order valence-corrected chi connectivity index (χ0v) is 11.9. The Balaban J connectivity index is 2.11. The van der Waals surface area contributed by atoms with Gasteiger partial charge in [0.15, 0.2) is 0 Å². The van der Waals surface area contributed by atoms with Crippen molar-refractivity contribution in [1.29, 1.82) is 0 Å². The van der Waals surface area contributed by atoms with Crippen molar-refractivity contribution in [3.63, 3.8) is 0 Å². The Kier molecular flexibility index (Phi) is 4.27. The molecule has 1 atom stereocenters. The van der Waals surface area contributed by atoms with Crippen LogP contribution in [0.4, 0.5) is 13.2 Å². The lowest BCUT2D eigenvalue weighted by molar-refractivity contribution is -0.139. The van der Waals surface area contributed by atoms with Crippen molar-refractivity contribution in [2.45, 2.75) is 44.6 Å². The highest BCUT2D eigenvalue weighted by atomic mass is 19.4. The van der Waals surface area contributed by atoms with Crippen molar-refractivity contribution in [1.82, 2.24) is 0 Å². The summed E-state index contributed by atoms with van der Waals surface area (Å²) in [6, 6.07) is 3.27. The normalized spacial score (nSPS) is 21.3. The van der Waals surface area contributed by atoms with Gasteiger partial charge in [-0.25, -0.2) is 0 Å². The molecule has 1 aromatic carbocycles. The van der Waals surface area contributed by atoms with Gasteiger partial charge in [0, 0.05) is 5.56 Å². The van der Waals surface area contributed by atoms with Crippen LogP contribution in [-0.4, -0.2) is 24.6 Å². The van der Waals surface area contributed by atoms with E-state index < -0.39 is 11.7 Å². The van der Waals surface area contributed by atoms with Crippen molar-refractivity contribution >= 4 is 6.29 Å². The van der Waals surface area contributed by atoms with Gasteiger partial charge in [0.05, 0.1) is 17.3 Å². The van der Waals surface area contributed by atoms with E-state index in [2.05, 4.69) is 0 Å². The number of halogens is 3. The van der Waals surface area contributed by atoms with Crippen molar-refractivity contribution in [2.75, 3.05) is 6.61 Å².